The van der Waals surface area contributed by atoms with Crippen molar-refractivity contribution in [2.45, 2.75) is 56.3 Å². The molecule has 2 aromatic heterocycles. The molecular formula is C22H23F4N5O2. The quantitative estimate of drug-likeness (QED) is 0.702. The molecule has 1 aliphatic heterocycles. The molecular weight excluding hydrogens is 442 g/mol. The molecule has 33 heavy (non-hydrogen) atoms. The average molecular weight is 465 g/mol. The smallest absolute Gasteiger partial charge is 0.260 e. The van der Waals surface area contributed by atoms with Crippen molar-refractivity contribution < 1.29 is 27.2 Å². The summed E-state index contributed by atoms with van der Waals surface area (Å²) in [5.41, 5.74) is 1.45. The van der Waals surface area contributed by atoms with Crippen molar-refractivity contribution in [3.63, 3.8) is 0 Å². The fourth-order valence-electron chi connectivity index (χ4n) is 5.45. The van der Waals surface area contributed by atoms with Gasteiger partial charge in [0.1, 0.15) is 11.8 Å². The molecule has 0 aromatic carbocycles. The molecule has 1 saturated heterocycles. The van der Waals surface area contributed by atoms with Crippen molar-refractivity contribution in [1.82, 2.24) is 19.5 Å². The molecule has 7 nitrogen and oxygen atoms in total. The topological polar surface area (TPSA) is 79.6 Å². The summed E-state index contributed by atoms with van der Waals surface area (Å²) in [5, 5.41) is 6.73. The molecule has 3 aliphatic carbocycles. The van der Waals surface area contributed by atoms with E-state index in [2.05, 4.69) is 15.4 Å². The molecule has 4 fully saturated rings. The summed E-state index contributed by atoms with van der Waals surface area (Å²) < 4.78 is 54.3. The largest absolute Gasteiger partial charge is 0.341 e. The van der Waals surface area contributed by atoms with Gasteiger partial charge in [-0.15, -0.1) is 5.10 Å². The summed E-state index contributed by atoms with van der Waals surface area (Å²) in [5.74, 6) is -9.22. The summed E-state index contributed by atoms with van der Waals surface area (Å²) >= 11 is 0. The maximum atomic E-state index is 13.2. The van der Waals surface area contributed by atoms with Gasteiger partial charge < -0.3 is 4.90 Å². The first-order chi connectivity index (χ1) is 15.6. The van der Waals surface area contributed by atoms with Crippen LogP contribution in [0.15, 0.2) is 18.2 Å². The third kappa shape index (κ3) is 3.47. The molecule has 2 atom stereocenters. The summed E-state index contributed by atoms with van der Waals surface area (Å²) in [6.07, 6.45) is 2.70. The lowest BCUT2D eigenvalue weighted by molar-refractivity contribution is -0.149. The molecule has 1 unspecified atom stereocenters. The van der Waals surface area contributed by atoms with E-state index in [4.69, 9.17) is 0 Å². The van der Waals surface area contributed by atoms with Gasteiger partial charge in [-0.1, -0.05) is 6.07 Å². The third-order valence-electron chi connectivity index (χ3n) is 7.72. The monoisotopic (exact) mass is 465 g/mol. The molecule has 0 radical (unpaired) electrons. The highest BCUT2D eigenvalue weighted by atomic mass is 19.3. The molecule has 4 aliphatic rings. The van der Waals surface area contributed by atoms with Crippen LogP contribution in [-0.2, 0) is 9.59 Å². The van der Waals surface area contributed by atoms with E-state index < -0.39 is 41.9 Å². The second-order valence-electron chi connectivity index (χ2n) is 10.1. The molecule has 3 heterocycles. The number of carbonyl (C=O) groups is 2. The van der Waals surface area contributed by atoms with Gasteiger partial charge in [-0.25, -0.2) is 22.1 Å². The molecule has 176 valence electrons. The summed E-state index contributed by atoms with van der Waals surface area (Å²) in [6, 6.07) is 5.53. The second-order valence-corrected chi connectivity index (χ2v) is 10.1. The Morgan fingerprint density at radius 1 is 1.00 bits per heavy atom. The number of nitrogens with one attached hydrogen (secondary N) is 1. The van der Waals surface area contributed by atoms with Crippen molar-refractivity contribution in [3.8, 4) is 0 Å². The van der Waals surface area contributed by atoms with E-state index in [-0.39, 0.29) is 23.7 Å². The van der Waals surface area contributed by atoms with Crippen molar-refractivity contribution in [3.05, 3.63) is 23.9 Å². The summed E-state index contributed by atoms with van der Waals surface area (Å²) in [4.78, 5) is 30.0. The first-order valence-corrected chi connectivity index (χ1v) is 11.3. The summed E-state index contributed by atoms with van der Waals surface area (Å²) in [7, 11) is 0. The Bertz CT molecular complexity index is 1150. The van der Waals surface area contributed by atoms with Crippen LogP contribution in [-0.4, -0.2) is 56.2 Å². The van der Waals surface area contributed by atoms with Gasteiger partial charge in [0.15, 0.2) is 5.65 Å². The van der Waals surface area contributed by atoms with Crippen LogP contribution in [0.4, 0.5) is 23.5 Å². The van der Waals surface area contributed by atoms with Crippen LogP contribution in [0.5, 0.6) is 0 Å². The number of alkyl halides is 4. The fraction of sp³-hybridized carbons (Fsp3) is 0.636. The van der Waals surface area contributed by atoms with E-state index in [1.165, 1.54) is 0 Å². The number of hydrogen-bond donors (Lipinski definition) is 1. The van der Waals surface area contributed by atoms with Gasteiger partial charge in [-0.3, -0.25) is 14.9 Å². The zero-order valence-corrected chi connectivity index (χ0v) is 17.7. The van der Waals surface area contributed by atoms with Gasteiger partial charge in [0.25, 0.3) is 11.8 Å². The first kappa shape index (κ1) is 20.9. The van der Waals surface area contributed by atoms with Gasteiger partial charge in [-0.2, -0.15) is 4.98 Å². The number of anilines is 1. The van der Waals surface area contributed by atoms with E-state index in [0.717, 1.165) is 31.4 Å². The Balaban J connectivity index is 1.10. The maximum absolute atomic E-state index is 13.2. The van der Waals surface area contributed by atoms with Gasteiger partial charge in [0.05, 0.1) is 0 Å². The van der Waals surface area contributed by atoms with Crippen LogP contribution < -0.4 is 5.32 Å². The lowest BCUT2D eigenvalue weighted by Gasteiger charge is -2.53. The van der Waals surface area contributed by atoms with Gasteiger partial charge in [0.2, 0.25) is 17.8 Å². The van der Waals surface area contributed by atoms with Crippen LogP contribution in [0.2, 0.25) is 0 Å². The van der Waals surface area contributed by atoms with Crippen LogP contribution in [0.25, 0.3) is 5.65 Å². The van der Waals surface area contributed by atoms with E-state index in [1.54, 1.807) is 15.5 Å². The highest BCUT2D eigenvalue weighted by Gasteiger charge is 2.64. The van der Waals surface area contributed by atoms with E-state index in [9.17, 15) is 27.2 Å². The highest BCUT2D eigenvalue weighted by molar-refractivity contribution is 5.94. The molecule has 11 heteroatoms. The lowest BCUT2D eigenvalue weighted by Crippen LogP contribution is -2.60. The van der Waals surface area contributed by atoms with Gasteiger partial charge in [-0.05, 0) is 37.8 Å². The number of hydrogen-bond acceptors (Lipinski definition) is 4. The second kappa shape index (κ2) is 6.66. The van der Waals surface area contributed by atoms with E-state index >= 15 is 0 Å². The SMILES string of the molecule is O=C(Nc1nc2cccc(C3CCC4(CC3)CN(C(=O)[C@@H]3CC3(F)F)C4)n2n1)C1CC1(F)F. The molecule has 1 N–H and O–H groups in total. The van der Waals surface area contributed by atoms with Crippen LogP contribution in [0.3, 0.4) is 0 Å². The summed E-state index contributed by atoms with van der Waals surface area (Å²) in [6.45, 7) is 1.08. The number of halogens is 4. The van der Waals surface area contributed by atoms with Gasteiger partial charge >= 0.3 is 0 Å². The Labute approximate surface area is 186 Å². The van der Waals surface area contributed by atoms with Crippen molar-refractivity contribution in [2.75, 3.05) is 18.4 Å². The average Bonchev–Trinajstić information content (AvgIpc) is 3.51. The first-order valence-electron chi connectivity index (χ1n) is 11.3. The number of pyridine rings is 1. The number of nitrogens with zero attached hydrogens (tertiary/aromatic N) is 4. The fourth-order valence-corrected chi connectivity index (χ4v) is 5.45. The molecule has 2 amide bonds. The Morgan fingerprint density at radius 2 is 1.64 bits per heavy atom. The van der Waals surface area contributed by atoms with Crippen LogP contribution >= 0.6 is 0 Å². The molecule has 0 bridgehead atoms. The molecule has 3 saturated carbocycles. The number of carbonyl (C=O) groups excluding carboxylic acids is 2. The minimum absolute atomic E-state index is 0.00122. The third-order valence-corrected chi connectivity index (χ3v) is 7.72. The maximum Gasteiger partial charge on any atom is 0.260 e. The van der Waals surface area contributed by atoms with E-state index in [0.29, 0.717) is 18.7 Å². The normalized spacial score (nSPS) is 29.0. The Kier molecular flexibility index (Phi) is 4.21. The molecule has 2 aromatic rings. The zero-order chi connectivity index (χ0) is 23.2. The standard InChI is InChI=1S/C22H23F4N5O2/c23-21(24)8-13(21)17(32)28-19-27-16-3-1-2-15(31(16)29-19)12-4-6-20(7-5-12)10-30(11-20)18(33)14-9-22(14,25)26/h1-3,12-14H,4-11H2,(H,28,29,32)/t13?,14-/m0/s1. The number of likely N-dealkylation sites (tertiary alicyclic amines) is 1. The minimum Gasteiger partial charge on any atom is -0.341 e. The number of fused-ring (bicyclic) bond motifs is 1. The predicted molar refractivity (Wildman–Crippen MR) is 108 cm³/mol. The molecule has 6 rings (SSSR count). The highest BCUT2D eigenvalue weighted by Crippen LogP contribution is 2.53. The van der Waals surface area contributed by atoms with Crippen LogP contribution in [0.1, 0.15) is 50.1 Å². The van der Waals surface area contributed by atoms with E-state index in [1.807, 2.05) is 12.1 Å². The van der Waals surface area contributed by atoms with Gasteiger partial charge in [0, 0.05) is 43.0 Å². The lowest BCUT2D eigenvalue weighted by atomic mass is 9.65. The van der Waals surface area contributed by atoms with Crippen molar-refractivity contribution >= 4 is 23.4 Å². The Morgan fingerprint density at radius 3 is 2.24 bits per heavy atom. The van der Waals surface area contributed by atoms with Crippen LogP contribution in [0, 0.1) is 17.3 Å². The Hall–Kier alpha value is -2.72. The number of rotatable bonds is 4. The van der Waals surface area contributed by atoms with Crippen molar-refractivity contribution in [2.24, 2.45) is 17.3 Å². The molecule has 1 spiro atoms. The number of amides is 2. The number of aromatic nitrogens is 3. The predicted octanol–water partition coefficient (Wildman–Crippen LogP) is 3.46. The minimum atomic E-state index is -2.95. The zero-order valence-electron chi connectivity index (χ0n) is 17.7. The van der Waals surface area contributed by atoms with Crippen molar-refractivity contribution in [1.29, 1.82) is 0 Å².